The fraction of sp³-hybridized carbons (Fsp3) is 0.188. The van der Waals surface area contributed by atoms with Crippen molar-refractivity contribution in [2.24, 2.45) is 0 Å². The number of amides is 3. The summed E-state index contributed by atoms with van der Waals surface area (Å²) in [5.41, 5.74) is 0.801. The normalized spacial score (nSPS) is 13.4. The highest BCUT2D eigenvalue weighted by Gasteiger charge is 2.37. The van der Waals surface area contributed by atoms with Gasteiger partial charge in [-0.3, -0.25) is 24.6 Å². The Kier molecular flexibility index (Phi) is 4.15. The lowest BCUT2D eigenvalue weighted by molar-refractivity contribution is 0.0609. The number of anilines is 1. The molecule has 0 fully saturated rings. The minimum atomic E-state index is -0.455. The number of nitrogens with one attached hydrogen (secondary N) is 1. The van der Waals surface area contributed by atoms with Crippen molar-refractivity contribution in [3.63, 3.8) is 0 Å². The summed E-state index contributed by atoms with van der Waals surface area (Å²) in [7, 11) is 0. The number of imide groups is 1. The van der Waals surface area contributed by atoms with E-state index in [0.29, 0.717) is 10.0 Å². The van der Waals surface area contributed by atoms with Crippen molar-refractivity contribution in [1.29, 1.82) is 0 Å². The third kappa shape index (κ3) is 2.80. The number of carbonyl (C=O) groups excluding carboxylic acids is 3. The van der Waals surface area contributed by atoms with Crippen molar-refractivity contribution in [2.45, 2.75) is 19.9 Å². The van der Waals surface area contributed by atoms with Crippen LogP contribution in [0.15, 0.2) is 35.1 Å². The molecule has 0 saturated heterocycles. The number of benzene rings is 1. The fourth-order valence-corrected chi connectivity index (χ4v) is 2.63. The largest absolute Gasteiger partial charge is 0.290 e. The summed E-state index contributed by atoms with van der Waals surface area (Å²) < 4.78 is 0.691. The van der Waals surface area contributed by atoms with Crippen molar-refractivity contribution >= 4 is 39.6 Å². The molecule has 1 aliphatic heterocycles. The molecule has 1 N–H and O–H groups in total. The van der Waals surface area contributed by atoms with Gasteiger partial charge in [0.2, 0.25) is 5.95 Å². The number of fused-ring (bicyclic) bond motifs is 1. The average Bonchev–Trinajstić information content (AvgIpc) is 2.80. The van der Waals surface area contributed by atoms with Crippen molar-refractivity contribution < 1.29 is 14.4 Å². The third-order valence-electron chi connectivity index (χ3n) is 3.54. The second kappa shape index (κ2) is 6.12. The Hall–Kier alpha value is -2.61. The van der Waals surface area contributed by atoms with Crippen LogP contribution in [0.5, 0.6) is 0 Å². The van der Waals surface area contributed by atoms with Crippen molar-refractivity contribution in [2.75, 3.05) is 5.32 Å². The highest BCUT2D eigenvalue weighted by molar-refractivity contribution is 9.10. The third-order valence-corrected chi connectivity index (χ3v) is 3.95. The molecular weight excluding hydrogens is 376 g/mol. The first kappa shape index (κ1) is 16.3. The quantitative estimate of drug-likeness (QED) is 0.815. The lowest BCUT2D eigenvalue weighted by atomic mass is 10.1. The molecule has 24 heavy (non-hydrogen) atoms. The van der Waals surface area contributed by atoms with Crippen molar-refractivity contribution in [3.8, 4) is 0 Å². The topological polar surface area (TPSA) is 92.3 Å². The van der Waals surface area contributed by atoms with Gasteiger partial charge in [-0.2, -0.15) is 0 Å². The van der Waals surface area contributed by atoms with Gasteiger partial charge >= 0.3 is 0 Å². The lowest BCUT2D eigenvalue weighted by Crippen LogP contribution is -2.35. The smallest absolute Gasteiger partial charge is 0.261 e. The zero-order valence-corrected chi connectivity index (χ0v) is 14.5. The van der Waals surface area contributed by atoms with Gasteiger partial charge in [-0.1, -0.05) is 0 Å². The fourth-order valence-electron chi connectivity index (χ4n) is 2.42. The maximum Gasteiger partial charge on any atom is 0.261 e. The molecule has 0 spiro atoms. The lowest BCUT2D eigenvalue weighted by Gasteiger charge is -2.17. The number of aromatic nitrogens is 2. The Morgan fingerprint density at radius 2 is 1.75 bits per heavy atom. The van der Waals surface area contributed by atoms with E-state index in [-0.39, 0.29) is 34.9 Å². The minimum Gasteiger partial charge on any atom is -0.290 e. The average molecular weight is 389 g/mol. The van der Waals surface area contributed by atoms with Gasteiger partial charge < -0.3 is 0 Å². The zero-order valence-electron chi connectivity index (χ0n) is 12.9. The predicted molar refractivity (Wildman–Crippen MR) is 89.8 cm³/mol. The van der Waals surface area contributed by atoms with Gasteiger partial charge in [0.15, 0.2) is 0 Å². The van der Waals surface area contributed by atoms with Crippen LogP contribution in [0.1, 0.15) is 44.9 Å². The Labute approximate surface area is 146 Å². The van der Waals surface area contributed by atoms with Crippen LogP contribution in [-0.2, 0) is 0 Å². The molecule has 3 rings (SSSR count). The molecule has 2 heterocycles. The molecule has 8 heteroatoms. The molecule has 0 atom stereocenters. The number of rotatable bonds is 3. The molecule has 7 nitrogen and oxygen atoms in total. The molecule has 1 aromatic heterocycles. The number of halogens is 1. The van der Waals surface area contributed by atoms with Gasteiger partial charge in [-0.25, -0.2) is 9.97 Å². The summed E-state index contributed by atoms with van der Waals surface area (Å²) in [6, 6.07) is 4.18. The highest BCUT2D eigenvalue weighted by Crippen LogP contribution is 2.26. The first-order chi connectivity index (χ1) is 11.4. The minimum absolute atomic E-state index is 0.148. The molecule has 0 radical (unpaired) electrons. The molecule has 0 aliphatic carbocycles. The summed E-state index contributed by atoms with van der Waals surface area (Å²) in [5, 5.41) is 2.54. The zero-order chi connectivity index (χ0) is 17.4. The first-order valence-electron chi connectivity index (χ1n) is 7.19. The van der Waals surface area contributed by atoms with Crippen LogP contribution < -0.4 is 5.32 Å². The number of carbonyl (C=O) groups is 3. The summed E-state index contributed by atoms with van der Waals surface area (Å²) in [5.74, 6) is -1.04. The van der Waals surface area contributed by atoms with E-state index in [9.17, 15) is 14.4 Å². The monoisotopic (exact) mass is 388 g/mol. The molecule has 1 aliphatic rings. The van der Waals surface area contributed by atoms with Gasteiger partial charge in [-0.05, 0) is 48.0 Å². The van der Waals surface area contributed by atoms with Crippen molar-refractivity contribution in [1.82, 2.24) is 14.9 Å². The summed E-state index contributed by atoms with van der Waals surface area (Å²) in [4.78, 5) is 46.0. The van der Waals surface area contributed by atoms with Crippen LogP contribution in [-0.4, -0.2) is 38.6 Å². The summed E-state index contributed by atoms with van der Waals surface area (Å²) in [6.45, 7) is 3.53. The number of hydrogen-bond donors (Lipinski definition) is 1. The van der Waals surface area contributed by atoms with E-state index in [1.807, 2.05) is 0 Å². The van der Waals surface area contributed by atoms with E-state index < -0.39 is 5.91 Å². The van der Waals surface area contributed by atoms with Crippen LogP contribution in [0.3, 0.4) is 0 Å². The second-order valence-corrected chi connectivity index (χ2v) is 6.43. The van der Waals surface area contributed by atoms with E-state index >= 15 is 0 Å². The number of hydrogen-bond acceptors (Lipinski definition) is 5. The van der Waals surface area contributed by atoms with Gasteiger partial charge in [0.1, 0.15) is 0 Å². The first-order valence-corrected chi connectivity index (χ1v) is 7.98. The molecule has 0 saturated carbocycles. The molecule has 3 amide bonds. The van der Waals surface area contributed by atoms with Crippen LogP contribution >= 0.6 is 15.9 Å². The summed E-state index contributed by atoms with van der Waals surface area (Å²) in [6.07, 6.45) is 3.02. The van der Waals surface area contributed by atoms with Gasteiger partial charge in [0, 0.05) is 24.0 Å². The SMILES string of the molecule is CC(C)N1C(=O)c2ccc(C(=O)Nc3ncc(Br)cn3)cc2C1=O. The van der Waals surface area contributed by atoms with E-state index in [4.69, 9.17) is 0 Å². The number of nitrogens with zero attached hydrogens (tertiary/aromatic N) is 3. The second-order valence-electron chi connectivity index (χ2n) is 5.51. The van der Waals surface area contributed by atoms with E-state index in [0.717, 1.165) is 0 Å². The molecule has 0 bridgehead atoms. The predicted octanol–water partition coefficient (Wildman–Crippen LogP) is 2.50. The Bertz CT molecular complexity index is 849. The van der Waals surface area contributed by atoms with Crippen LogP contribution in [0, 0.1) is 0 Å². The van der Waals surface area contributed by atoms with Gasteiger partial charge in [0.25, 0.3) is 17.7 Å². The van der Waals surface area contributed by atoms with Crippen LogP contribution in [0.4, 0.5) is 5.95 Å². The molecule has 122 valence electrons. The van der Waals surface area contributed by atoms with E-state index in [1.54, 1.807) is 13.8 Å². The van der Waals surface area contributed by atoms with Crippen LogP contribution in [0.25, 0.3) is 0 Å². The standard InChI is InChI=1S/C16H13BrN4O3/c1-8(2)21-14(23)11-4-3-9(5-12(11)15(21)24)13(22)20-16-18-6-10(17)7-19-16/h3-8H,1-2H3,(H,18,19,20,22). The molecular formula is C16H13BrN4O3. The van der Waals surface area contributed by atoms with E-state index in [2.05, 4.69) is 31.2 Å². The maximum atomic E-state index is 12.4. The van der Waals surface area contributed by atoms with Crippen LogP contribution in [0.2, 0.25) is 0 Å². The Morgan fingerprint density at radius 3 is 2.38 bits per heavy atom. The van der Waals surface area contributed by atoms with Crippen molar-refractivity contribution in [3.05, 3.63) is 51.8 Å². The van der Waals surface area contributed by atoms with Gasteiger partial charge in [0.05, 0.1) is 15.6 Å². The van der Waals surface area contributed by atoms with Gasteiger partial charge in [-0.15, -0.1) is 0 Å². The molecule has 0 unspecified atom stereocenters. The molecule has 2 aromatic rings. The highest BCUT2D eigenvalue weighted by atomic mass is 79.9. The van der Waals surface area contributed by atoms with E-state index in [1.165, 1.54) is 35.5 Å². The Morgan fingerprint density at radius 1 is 1.12 bits per heavy atom. The maximum absolute atomic E-state index is 12.4. The summed E-state index contributed by atoms with van der Waals surface area (Å²) >= 11 is 3.21. The molecule has 1 aromatic carbocycles. The Balaban J connectivity index is 1.87.